The monoisotopic (exact) mass is 186 g/mol. The van der Waals surface area contributed by atoms with Gasteiger partial charge in [-0.2, -0.15) is 0 Å². The molecular formula is C10H20NO2. The summed E-state index contributed by atoms with van der Waals surface area (Å²) >= 11 is 0. The normalized spacial score (nSPS) is 10.0. The van der Waals surface area contributed by atoms with Gasteiger partial charge in [0, 0.05) is 13.0 Å². The summed E-state index contributed by atoms with van der Waals surface area (Å²) < 4.78 is 0. The Hall–Kier alpha value is -0.570. The summed E-state index contributed by atoms with van der Waals surface area (Å²) in [5.74, 6) is 0.0207. The van der Waals surface area contributed by atoms with Gasteiger partial charge in [-0.25, -0.2) is 5.11 Å². The Morgan fingerprint density at radius 2 is 1.85 bits per heavy atom. The van der Waals surface area contributed by atoms with E-state index in [0.29, 0.717) is 6.42 Å². The van der Waals surface area contributed by atoms with Crippen molar-refractivity contribution >= 4 is 5.91 Å². The van der Waals surface area contributed by atoms with Gasteiger partial charge in [-0.1, -0.05) is 32.6 Å². The summed E-state index contributed by atoms with van der Waals surface area (Å²) in [4.78, 5) is 11.0. The van der Waals surface area contributed by atoms with Crippen LogP contribution in [0.4, 0.5) is 0 Å². The van der Waals surface area contributed by atoms with Crippen molar-refractivity contribution in [2.75, 3.05) is 13.2 Å². The van der Waals surface area contributed by atoms with E-state index >= 15 is 0 Å². The van der Waals surface area contributed by atoms with Crippen molar-refractivity contribution in [3.8, 4) is 0 Å². The van der Waals surface area contributed by atoms with E-state index in [1.54, 1.807) is 0 Å². The van der Waals surface area contributed by atoms with Gasteiger partial charge in [-0.05, 0) is 6.42 Å². The van der Waals surface area contributed by atoms with Crippen molar-refractivity contribution in [1.29, 1.82) is 0 Å². The molecule has 0 saturated carbocycles. The number of carbonyl (C=O) groups excluding carboxylic acids is 1. The van der Waals surface area contributed by atoms with E-state index in [-0.39, 0.29) is 19.1 Å². The Morgan fingerprint density at radius 1 is 1.15 bits per heavy atom. The number of amides is 1. The fraction of sp³-hybridized carbons (Fsp3) is 0.900. The van der Waals surface area contributed by atoms with Crippen LogP contribution in [0.1, 0.15) is 45.4 Å². The maximum Gasteiger partial charge on any atom is 0.220 e. The summed E-state index contributed by atoms with van der Waals surface area (Å²) in [5, 5.41) is 12.6. The zero-order valence-electron chi connectivity index (χ0n) is 8.47. The molecule has 0 unspecified atom stereocenters. The lowest BCUT2D eigenvalue weighted by molar-refractivity contribution is -0.121. The number of unbranched alkanes of at least 4 members (excludes halogenated alkanes) is 4. The van der Waals surface area contributed by atoms with Gasteiger partial charge in [-0.15, -0.1) is 0 Å². The van der Waals surface area contributed by atoms with Crippen LogP contribution in [0, 0.1) is 0 Å². The smallest absolute Gasteiger partial charge is 0.220 e. The van der Waals surface area contributed by atoms with Gasteiger partial charge in [-0.3, -0.25) is 4.79 Å². The van der Waals surface area contributed by atoms with E-state index in [0.717, 1.165) is 12.8 Å². The first-order valence-electron chi connectivity index (χ1n) is 5.16. The highest BCUT2D eigenvalue weighted by Crippen LogP contribution is 2.04. The van der Waals surface area contributed by atoms with E-state index in [4.69, 9.17) is 0 Å². The standard InChI is InChI=1S/C10H20NO2/c1-2-3-4-5-6-7-10(13)11-8-9-12/h2-9H2,1H3,(H,11,13). The number of rotatable bonds is 8. The largest absolute Gasteiger partial charge is 0.354 e. The fourth-order valence-electron chi connectivity index (χ4n) is 1.17. The molecule has 0 heterocycles. The molecular weight excluding hydrogens is 166 g/mol. The Bertz CT molecular complexity index is 126. The van der Waals surface area contributed by atoms with Crippen molar-refractivity contribution in [1.82, 2.24) is 5.32 Å². The van der Waals surface area contributed by atoms with Crippen LogP contribution in [-0.4, -0.2) is 19.1 Å². The Morgan fingerprint density at radius 3 is 2.46 bits per heavy atom. The van der Waals surface area contributed by atoms with Crippen LogP contribution in [0.2, 0.25) is 0 Å². The molecule has 77 valence electrons. The highest BCUT2D eigenvalue weighted by atomic mass is 16.3. The quantitative estimate of drug-likeness (QED) is 0.578. The number of hydrogen-bond donors (Lipinski definition) is 1. The molecule has 0 spiro atoms. The fourth-order valence-corrected chi connectivity index (χ4v) is 1.17. The minimum absolute atomic E-state index is 0.0207. The van der Waals surface area contributed by atoms with E-state index in [1.165, 1.54) is 19.3 Å². The average molecular weight is 186 g/mol. The van der Waals surface area contributed by atoms with Gasteiger partial charge in [0.05, 0.1) is 6.61 Å². The molecule has 3 heteroatoms. The Balaban J connectivity index is 3.08. The molecule has 0 fully saturated rings. The molecule has 1 radical (unpaired) electrons. The predicted molar refractivity (Wildman–Crippen MR) is 51.9 cm³/mol. The molecule has 0 atom stereocenters. The SMILES string of the molecule is CCCCCCCC(=O)NCC[O]. The minimum Gasteiger partial charge on any atom is -0.354 e. The van der Waals surface area contributed by atoms with E-state index < -0.39 is 0 Å². The molecule has 13 heavy (non-hydrogen) atoms. The maximum absolute atomic E-state index is 11.0. The third-order valence-electron chi connectivity index (χ3n) is 1.93. The second-order valence-electron chi connectivity index (χ2n) is 3.22. The molecule has 1 N–H and O–H groups in total. The van der Waals surface area contributed by atoms with Gasteiger partial charge >= 0.3 is 0 Å². The van der Waals surface area contributed by atoms with Crippen molar-refractivity contribution < 1.29 is 9.90 Å². The molecule has 0 rings (SSSR count). The van der Waals surface area contributed by atoms with Crippen molar-refractivity contribution in [3.05, 3.63) is 0 Å². The highest BCUT2D eigenvalue weighted by Gasteiger charge is 1.98. The number of nitrogens with one attached hydrogen (secondary N) is 1. The van der Waals surface area contributed by atoms with Crippen LogP contribution in [0.3, 0.4) is 0 Å². The lowest BCUT2D eigenvalue weighted by atomic mass is 10.1. The predicted octanol–water partition coefficient (Wildman–Crippen LogP) is 1.89. The zero-order valence-corrected chi connectivity index (χ0v) is 8.47. The van der Waals surface area contributed by atoms with Crippen molar-refractivity contribution in [2.45, 2.75) is 45.4 Å². The average Bonchev–Trinajstić information content (AvgIpc) is 2.14. The first-order chi connectivity index (χ1) is 6.31. The van der Waals surface area contributed by atoms with E-state index in [2.05, 4.69) is 12.2 Å². The molecule has 0 aromatic rings. The van der Waals surface area contributed by atoms with Crippen molar-refractivity contribution in [2.24, 2.45) is 0 Å². The minimum atomic E-state index is -0.221. The number of hydrogen-bond acceptors (Lipinski definition) is 1. The third-order valence-corrected chi connectivity index (χ3v) is 1.93. The van der Waals surface area contributed by atoms with Gasteiger partial charge < -0.3 is 5.32 Å². The summed E-state index contributed by atoms with van der Waals surface area (Å²) in [7, 11) is 0. The summed E-state index contributed by atoms with van der Waals surface area (Å²) in [6.45, 7) is 2.22. The molecule has 1 amide bonds. The Labute approximate surface area is 80.5 Å². The molecule has 0 aliphatic heterocycles. The van der Waals surface area contributed by atoms with Gasteiger partial charge in [0.2, 0.25) is 5.91 Å². The third kappa shape index (κ3) is 9.34. The maximum atomic E-state index is 11.0. The Kier molecular flexibility index (Phi) is 9.10. The van der Waals surface area contributed by atoms with Crippen LogP contribution < -0.4 is 5.32 Å². The highest BCUT2D eigenvalue weighted by molar-refractivity contribution is 5.75. The van der Waals surface area contributed by atoms with E-state index in [9.17, 15) is 9.90 Å². The first-order valence-corrected chi connectivity index (χ1v) is 5.16. The van der Waals surface area contributed by atoms with Crippen LogP contribution >= 0.6 is 0 Å². The molecule has 0 bridgehead atoms. The second-order valence-corrected chi connectivity index (χ2v) is 3.22. The molecule has 0 aromatic carbocycles. The van der Waals surface area contributed by atoms with Gasteiger partial charge in [0.1, 0.15) is 0 Å². The molecule has 3 nitrogen and oxygen atoms in total. The molecule has 0 aliphatic carbocycles. The number of carbonyl (C=O) groups is 1. The molecule has 0 aromatic heterocycles. The van der Waals surface area contributed by atoms with Gasteiger partial charge in [0.15, 0.2) is 0 Å². The van der Waals surface area contributed by atoms with Crippen molar-refractivity contribution in [3.63, 3.8) is 0 Å². The van der Waals surface area contributed by atoms with Gasteiger partial charge in [0.25, 0.3) is 0 Å². The zero-order chi connectivity index (χ0) is 9.94. The summed E-state index contributed by atoms with van der Waals surface area (Å²) in [6.07, 6.45) is 6.34. The lowest BCUT2D eigenvalue weighted by Gasteiger charge is -2.01. The molecule has 0 aliphatic rings. The lowest BCUT2D eigenvalue weighted by Crippen LogP contribution is -2.25. The second kappa shape index (κ2) is 9.52. The van der Waals surface area contributed by atoms with E-state index in [1.807, 2.05) is 0 Å². The van der Waals surface area contributed by atoms with Crippen LogP contribution in [-0.2, 0) is 9.90 Å². The topological polar surface area (TPSA) is 49.0 Å². The van der Waals surface area contributed by atoms with Crippen LogP contribution in [0.15, 0.2) is 0 Å². The first kappa shape index (κ1) is 12.4. The summed E-state index contributed by atoms with van der Waals surface area (Å²) in [6, 6.07) is 0. The summed E-state index contributed by atoms with van der Waals surface area (Å²) in [5.41, 5.74) is 0. The molecule has 0 saturated heterocycles. The van der Waals surface area contributed by atoms with Crippen LogP contribution in [0.5, 0.6) is 0 Å². The van der Waals surface area contributed by atoms with Crippen LogP contribution in [0.25, 0.3) is 0 Å².